The Morgan fingerprint density at radius 3 is 2.54 bits per heavy atom. The van der Waals surface area contributed by atoms with E-state index in [0.29, 0.717) is 23.3 Å². The Morgan fingerprint density at radius 2 is 1.73 bits per heavy atom. The Kier molecular flexibility index (Phi) is 4.30. The second-order valence-electron chi connectivity index (χ2n) is 5.70. The molecule has 2 heterocycles. The van der Waals surface area contributed by atoms with E-state index in [2.05, 4.69) is 20.3 Å². The van der Waals surface area contributed by atoms with Crippen LogP contribution in [0.25, 0.3) is 10.9 Å². The lowest BCUT2D eigenvalue weighted by atomic mass is 10.3. The summed E-state index contributed by atoms with van der Waals surface area (Å²) < 4.78 is 5.77. The molecular weight excluding hydrogens is 328 g/mol. The summed E-state index contributed by atoms with van der Waals surface area (Å²) in [5, 5.41) is 3.77. The van der Waals surface area contributed by atoms with Gasteiger partial charge in [-0.25, -0.2) is 4.98 Å². The van der Waals surface area contributed by atoms with Crippen molar-refractivity contribution in [3.05, 3.63) is 89.2 Å². The van der Waals surface area contributed by atoms with E-state index in [1.54, 1.807) is 18.5 Å². The molecule has 4 rings (SSSR count). The minimum absolute atomic E-state index is 0.166. The van der Waals surface area contributed by atoms with Crippen LogP contribution in [0.3, 0.4) is 0 Å². The second kappa shape index (κ2) is 7.06. The Morgan fingerprint density at radius 1 is 0.962 bits per heavy atom. The number of ether oxygens (including phenoxy) is 1. The van der Waals surface area contributed by atoms with Gasteiger partial charge in [0.2, 0.25) is 0 Å². The van der Waals surface area contributed by atoms with Crippen molar-refractivity contribution in [1.82, 2.24) is 15.0 Å². The van der Waals surface area contributed by atoms with Crippen molar-refractivity contribution in [2.24, 2.45) is 0 Å². The van der Waals surface area contributed by atoms with Crippen molar-refractivity contribution in [1.29, 1.82) is 0 Å². The standard InChI is InChI=1S/C20H16N4O2/c25-20-17-10-11-21-12-18(17)23-19(24-20)13-22-14-6-8-16(9-7-14)26-15-4-2-1-3-5-15/h1-12,22H,13H2,(H,23,24,25). The molecule has 6 nitrogen and oxygen atoms in total. The number of nitrogens with one attached hydrogen (secondary N) is 2. The van der Waals surface area contributed by atoms with Gasteiger partial charge in [-0.05, 0) is 42.5 Å². The maximum atomic E-state index is 12.1. The highest BCUT2D eigenvalue weighted by atomic mass is 16.5. The molecule has 0 aliphatic heterocycles. The van der Waals surface area contributed by atoms with Crippen LogP contribution in [0.5, 0.6) is 11.5 Å². The summed E-state index contributed by atoms with van der Waals surface area (Å²) in [7, 11) is 0. The zero-order valence-electron chi connectivity index (χ0n) is 13.8. The van der Waals surface area contributed by atoms with Gasteiger partial charge in [-0.15, -0.1) is 0 Å². The quantitative estimate of drug-likeness (QED) is 0.577. The van der Waals surface area contributed by atoms with Crippen molar-refractivity contribution in [3.8, 4) is 11.5 Å². The van der Waals surface area contributed by atoms with Crippen LogP contribution in [0.4, 0.5) is 5.69 Å². The van der Waals surface area contributed by atoms with Crippen LogP contribution >= 0.6 is 0 Å². The highest BCUT2D eigenvalue weighted by molar-refractivity contribution is 5.75. The average Bonchev–Trinajstić information content (AvgIpc) is 2.68. The average molecular weight is 344 g/mol. The maximum absolute atomic E-state index is 12.1. The zero-order valence-corrected chi connectivity index (χ0v) is 13.8. The van der Waals surface area contributed by atoms with Crippen molar-refractivity contribution < 1.29 is 4.74 Å². The number of para-hydroxylation sites is 1. The SMILES string of the molecule is O=c1[nH]c(CNc2ccc(Oc3ccccc3)cc2)nc2cnccc12. The van der Waals surface area contributed by atoms with Gasteiger partial charge >= 0.3 is 0 Å². The number of pyridine rings is 1. The molecule has 2 N–H and O–H groups in total. The fourth-order valence-electron chi connectivity index (χ4n) is 2.57. The Labute approximate surface area is 149 Å². The highest BCUT2D eigenvalue weighted by Gasteiger charge is 2.04. The fraction of sp³-hybridized carbons (Fsp3) is 0.0500. The van der Waals surface area contributed by atoms with Crippen LogP contribution in [0.2, 0.25) is 0 Å². The minimum Gasteiger partial charge on any atom is -0.457 e. The number of benzene rings is 2. The monoisotopic (exact) mass is 344 g/mol. The first-order valence-electron chi connectivity index (χ1n) is 8.18. The third-order valence-corrected chi connectivity index (χ3v) is 3.85. The lowest BCUT2D eigenvalue weighted by molar-refractivity contribution is 0.483. The first kappa shape index (κ1) is 15.8. The van der Waals surface area contributed by atoms with Crippen LogP contribution < -0.4 is 15.6 Å². The molecule has 2 aromatic carbocycles. The van der Waals surface area contributed by atoms with E-state index in [9.17, 15) is 4.79 Å². The van der Waals surface area contributed by atoms with Crippen LogP contribution in [0, 0.1) is 0 Å². The molecule has 2 aromatic heterocycles. The molecule has 0 fully saturated rings. The summed E-state index contributed by atoms with van der Waals surface area (Å²) in [6.07, 6.45) is 3.17. The topological polar surface area (TPSA) is 79.9 Å². The van der Waals surface area contributed by atoms with Crippen LogP contribution in [-0.4, -0.2) is 15.0 Å². The largest absolute Gasteiger partial charge is 0.457 e. The predicted octanol–water partition coefficient (Wildman–Crippen LogP) is 3.72. The van der Waals surface area contributed by atoms with E-state index in [1.165, 1.54) is 0 Å². The summed E-state index contributed by atoms with van der Waals surface area (Å²) in [5.74, 6) is 2.10. The molecule has 0 aliphatic rings. The molecule has 26 heavy (non-hydrogen) atoms. The summed E-state index contributed by atoms with van der Waals surface area (Å²) in [5.41, 5.74) is 1.32. The van der Waals surface area contributed by atoms with E-state index < -0.39 is 0 Å². The number of rotatable bonds is 5. The molecule has 4 aromatic rings. The molecule has 0 aliphatic carbocycles. The van der Waals surface area contributed by atoms with Gasteiger partial charge in [-0.2, -0.15) is 0 Å². The van der Waals surface area contributed by atoms with Gasteiger partial charge in [-0.3, -0.25) is 9.78 Å². The Balaban J connectivity index is 1.44. The number of anilines is 1. The third-order valence-electron chi connectivity index (χ3n) is 3.85. The van der Waals surface area contributed by atoms with Crippen molar-refractivity contribution in [3.63, 3.8) is 0 Å². The molecule has 0 radical (unpaired) electrons. The summed E-state index contributed by atoms with van der Waals surface area (Å²) in [4.78, 5) is 23.3. The van der Waals surface area contributed by atoms with E-state index in [-0.39, 0.29) is 5.56 Å². The molecular formula is C20H16N4O2. The minimum atomic E-state index is -0.166. The van der Waals surface area contributed by atoms with Gasteiger partial charge in [0.05, 0.1) is 23.6 Å². The van der Waals surface area contributed by atoms with Crippen LogP contribution in [0.15, 0.2) is 77.9 Å². The Bertz CT molecular complexity index is 1080. The number of H-pyrrole nitrogens is 1. The molecule has 0 saturated carbocycles. The van der Waals surface area contributed by atoms with Gasteiger partial charge in [-0.1, -0.05) is 18.2 Å². The van der Waals surface area contributed by atoms with Gasteiger partial charge < -0.3 is 15.0 Å². The molecule has 0 bridgehead atoms. The molecule has 0 unspecified atom stereocenters. The van der Waals surface area contributed by atoms with Gasteiger partial charge in [0, 0.05) is 11.9 Å². The summed E-state index contributed by atoms with van der Waals surface area (Å²) in [6.45, 7) is 0.402. The third kappa shape index (κ3) is 3.54. The lowest BCUT2D eigenvalue weighted by Gasteiger charge is -2.09. The van der Waals surface area contributed by atoms with E-state index in [1.807, 2.05) is 54.6 Å². The Hall–Kier alpha value is -3.67. The smallest absolute Gasteiger partial charge is 0.258 e. The normalized spacial score (nSPS) is 10.6. The van der Waals surface area contributed by atoms with Gasteiger partial charge in [0.1, 0.15) is 17.3 Å². The molecule has 128 valence electrons. The number of nitrogens with zero attached hydrogens (tertiary/aromatic N) is 2. The first-order valence-corrected chi connectivity index (χ1v) is 8.18. The number of fused-ring (bicyclic) bond motifs is 1. The predicted molar refractivity (Wildman–Crippen MR) is 100 cm³/mol. The molecule has 0 amide bonds. The number of aromatic nitrogens is 3. The zero-order chi connectivity index (χ0) is 17.8. The second-order valence-corrected chi connectivity index (χ2v) is 5.70. The maximum Gasteiger partial charge on any atom is 0.258 e. The summed E-state index contributed by atoms with van der Waals surface area (Å²) >= 11 is 0. The first-order chi connectivity index (χ1) is 12.8. The molecule has 0 atom stereocenters. The molecule has 0 spiro atoms. The van der Waals surface area contributed by atoms with E-state index in [0.717, 1.165) is 17.2 Å². The highest BCUT2D eigenvalue weighted by Crippen LogP contribution is 2.22. The van der Waals surface area contributed by atoms with Crippen molar-refractivity contribution >= 4 is 16.6 Å². The van der Waals surface area contributed by atoms with Gasteiger partial charge in [0.15, 0.2) is 0 Å². The van der Waals surface area contributed by atoms with E-state index >= 15 is 0 Å². The van der Waals surface area contributed by atoms with Crippen molar-refractivity contribution in [2.75, 3.05) is 5.32 Å². The fourth-order valence-corrected chi connectivity index (χ4v) is 2.57. The number of hydrogen-bond donors (Lipinski definition) is 2. The molecule has 6 heteroatoms. The molecule has 0 saturated heterocycles. The number of aromatic amines is 1. The summed E-state index contributed by atoms with van der Waals surface area (Å²) in [6, 6.07) is 18.9. The van der Waals surface area contributed by atoms with Crippen molar-refractivity contribution in [2.45, 2.75) is 6.54 Å². The van der Waals surface area contributed by atoms with Gasteiger partial charge in [0.25, 0.3) is 5.56 Å². The van der Waals surface area contributed by atoms with Crippen LogP contribution in [-0.2, 0) is 6.54 Å². The number of hydrogen-bond acceptors (Lipinski definition) is 5. The lowest BCUT2D eigenvalue weighted by Crippen LogP contribution is -2.14. The van der Waals surface area contributed by atoms with E-state index in [4.69, 9.17) is 4.74 Å². The van der Waals surface area contributed by atoms with Crippen LogP contribution in [0.1, 0.15) is 5.82 Å².